The van der Waals surface area contributed by atoms with Crippen LogP contribution in [0, 0.1) is 6.92 Å². The number of carbonyl (C=O) groups excluding carboxylic acids is 1. The molecule has 1 aromatic heterocycles. The van der Waals surface area contributed by atoms with E-state index in [0.717, 1.165) is 32.6 Å². The number of rotatable bonds is 7. The molecular weight excluding hydrogens is 320 g/mol. The van der Waals surface area contributed by atoms with E-state index in [9.17, 15) is 4.79 Å². The van der Waals surface area contributed by atoms with Crippen LogP contribution in [0.1, 0.15) is 21.1 Å². The molecule has 0 aliphatic rings. The molecule has 0 unspecified atom stereocenters. The van der Waals surface area contributed by atoms with Crippen LogP contribution in [0.4, 0.5) is 0 Å². The maximum absolute atomic E-state index is 12.0. The highest BCUT2D eigenvalue weighted by atomic mass is 35.5. The molecule has 0 aliphatic heterocycles. The van der Waals surface area contributed by atoms with E-state index in [1.54, 1.807) is 7.11 Å². The minimum atomic E-state index is 0.0118. The minimum Gasteiger partial charge on any atom is -0.378 e. The average molecular weight is 339 g/mol. The van der Waals surface area contributed by atoms with Crippen LogP contribution in [0.15, 0.2) is 24.3 Å². The Balaban J connectivity index is 1.80. The van der Waals surface area contributed by atoms with Gasteiger partial charge in [0.25, 0.3) is 0 Å². The van der Waals surface area contributed by atoms with Crippen molar-refractivity contribution < 1.29 is 9.53 Å². The van der Waals surface area contributed by atoms with Crippen LogP contribution in [-0.4, -0.2) is 24.5 Å². The smallest absolute Gasteiger partial charge is 0.225 e. The Morgan fingerprint density at radius 2 is 2.27 bits per heavy atom. The molecule has 1 aromatic carbocycles. The van der Waals surface area contributed by atoms with E-state index >= 15 is 0 Å². The number of carbonyl (C=O) groups is 1. The first kappa shape index (κ1) is 16.9. The molecule has 1 N–H and O–H groups in total. The Morgan fingerprint density at radius 1 is 1.45 bits per heavy atom. The summed E-state index contributed by atoms with van der Waals surface area (Å²) in [6.45, 7) is 3.01. The molecule has 0 radical (unpaired) electrons. The highest BCUT2D eigenvalue weighted by molar-refractivity contribution is 7.11. The van der Waals surface area contributed by atoms with Gasteiger partial charge in [-0.2, -0.15) is 0 Å². The van der Waals surface area contributed by atoms with Crippen molar-refractivity contribution >= 4 is 28.8 Å². The van der Waals surface area contributed by atoms with Crippen LogP contribution in [0.3, 0.4) is 0 Å². The Hall–Kier alpha value is -1.43. The number of benzene rings is 1. The largest absolute Gasteiger partial charge is 0.378 e. The van der Waals surface area contributed by atoms with Crippen LogP contribution in [0.5, 0.6) is 0 Å². The van der Waals surface area contributed by atoms with Crippen molar-refractivity contribution in [2.24, 2.45) is 0 Å². The summed E-state index contributed by atoms with van der Waals surface area (Å²) < 4.78 is 5.06. The lowest BCUT2D eigenvalue weighted by Crippen LogP contribution is -2.27. The van der Waals surface area contributed by atoms with Gasteiger partial charge in [-0.05, 0) is 31.0 Å². The lowest BCUT2D eigenvalue weighted by atomic mass is 10.1. The number of ether oxygens (including phenoxy) is 1. The predicted octanol–water partition coefficient (Wildman–Crippen LogP) is 3.15. The third-order valence-electron chi connectivity index (χ3n) is 3.15. The summed E-state index contributed by atoms with van der Waals surface area (Å²) in [4.78, 5) is 17.4. The number of aryl methyl sites for hydroxylation is 1. The van der Waals surface area contributed by atoms with Gasteiger partial charge in [-0.3, -0.25) is 4.79 Å². The summed E-state index contributed by atoms with van der Waals surface area (Å²) in [7, 11) is 1.64. The van der Waals surface area contributed by atoms with E-state index in [-0.39, 0.29) is 5.91 Å². The van der Waals surface area contributed by atoms with Gasteiger partial charge in [0.2, 0.25) is 5.91 Å². The summed E-state index contributed by atoms with van der Waals surface area (Å²) >= 11 is 7.47. The van der Waals surface area contributed by atoms with Gasteiger partial charge in [-0.25, -0.2) is 4.98 Å². The van der Waals surface area contributed by atoms with E-state index in [1.165, 1.54) is 11.3 Å². The zero-order valence-corrected chi connectivity index (χ0v) is 14.3. The zero-order chi connectivity index (χ0) is 15.9. The van der Waals surface area contributed by atoms with Gasteiger partial charge in [0.15, 0.2) is 0 Å². The lowest BCUT2D eigenvalue weighted by Gasteiger charge is -2.05. The fraction of sp³-hybridized carbons (Fsp3) is 0.375. The van der Waals surface area contributed by atoms with Crippen LogP contribution < -0.4 is 5.32 Å². The Labute approximate surface area is 139 Å². The molecule has 2 rings (SSSR count). The third kappa shape index (κ3) is 5.09. The second-order valence-corrected chi connectivity index (χ2v) is 6.56. The quantitative estimate of drug-likeness (QED) is 0.843. The molecule has 0 atom stereocenters. The van der Waals surface area contributed by atoms with E-state index in [1.807, 2.05) is 31.2 Å². The molecule has 0 bridgehead atoms. The van der Waals surface area contributed by atoms with Gasteiger partial charge < -0.3 is 10.1 Å². The van der Waals surface area contributed by atoms with Crippen molar-refractivity contribution in [3.05, 3.63) is 50.4 Å². The average Bonchev–Trinajstić information content (AvgIpc) is 2.79. The topological polar surface area (TPSA) is 51.2 Å². The first-order chi connectivity index (χ1) is 10.6. The first-order valence-corrected chi connectivity index (χ1v) is 8.23. The SMILES string of the molecule is COCc1nc(C)c(CC(=O)NCCc2cccc(Cl)c2)s1. The number of hydrogen-bond acceptors (Lipinski definition) is 4. The van der Waals surface area contributed by atoms with E-state index < -0.39 is 0 Å². The first-order valence-electron chi connectivity index (χ1n) is 7.03. The molecular formula is C16H19ClN2O2S. The molecule has 0 spiro atoms. The van der Waals surface area contributed by atoms with E-state index in [4.69, 9.17) is 16.3 Å². The zero-order valence-electron chi connectivity index (χ0n) is 12.7. The molecule has 0 saturated carbocycles. The number of halogens is 1. The Morgan fingerprint density at radius 3 is 3.00 bits per heavy atom. The number of nitrogens with zero attached hydrogens (tertiary/aromatic N) is 1. The third-order valence-corrected chi connectivity index (χ3v) is 4.52. The molecule has 1 amide bonds. The number of thiazole rings is 1. The van der Waals surface area contributed by atoms with E-state index in [0.29, 0.717) is 19.6 Å². The van der Waals surface area contributed by atoms with Gasteiger partial charge in [-0.1, -0.05) is 23.7 Å². The van der Waals surface area contributed by atoms with E-state index in [2.05, 4.69) is 10.3 Å². The molecule has 0 aliphatic carbocycles. The van der Waals surface area contributed by atoms with Crippen molar-refractivity contribution in [3.8, 4) is 0 Å². The van der Waals surface area contributed by atoms with Gasteiger partial charge in [0.05, 0.1) is 18.7 Å². The summed E-state index contributed by atoms with van der Waals surface area (Å²) in [5, 5.41) is 4.55. The Bertz CT molecular complexity index is 643. The normalized spacial score (nSPS) is 10.7. The fourth-order valence-corrected chi connectivity index (χ4v) is 3.34. The maximum Gasteiger partial charge on any atom is 0.225 e. The molecule has 6 heteroatoms. The summed E-state index contributed by atoms with van der Waals surface area (Å²) in [6.07, 6.45) is 1.13. The van der Waals surface area contributed by atoms with Crippen molar-refractivity contribution in [3.63, 3.8) is 0 Å². The molecule has 0 saturated heterocycles. The summed E-state index contributed by atoms with van der Waals surface area (Å²) in [5.41, 5.74) is 2.02. The maximum atomic E-state index is 12.0. The summed E-state index contributed by atoms with van der Waals surface area (Å²) in [6, 6.07) is 7.67. The van der Waals surface area contributed by atoms with Gasteiger partial charge in [0, 0.05) is 23.6 Å². The molecule has 0 fully saturated rings. The number of amides is 1. The van der Waals surface area contributed by atoms with Crippen LogP contribution >= 0.6 is 22.9 Å². The molecule has 4 nitrogen and oxygen atoms in total. The number of methoxy groups -OCH3 is 1. The molecule has 2 aromatic rings. The Kier molecular flexibility index (Phi) is 6.36. The minimum absolute atomic E-state index is 0.0118. The van der Waals surface area contributed by atoms with Crippen LogP contribution in [-0.2, 0) is 29.0 Å². The lowest BCUT2D eigenvalue weighted by molar-refractivity contribution is -0.120. The highest BCUT2D eigenvalue weighted by Crippen LogP contribution is 2.19. The number of nitrogens with one attached hydrogen (secondary N) is 1. The van der Waals surface area contributed by atoms with Crippen molar-refractivity contribution in [2.45, 2.75) is 26.4 Å². The summed E-state index contributed by atoms with van der Waals surface area (Å²) in [5.74, 6) is 0.0118. The fourth-order valence-electron chi connectivity index (χ4n) is 2.08. The molecule has 1 heterocycles. The van der Waals surface area contributed by atoms with Crippen LogP contribution in [0.25, 0.3) is 0 Å². The van der Waals surface area contributed by atoms with Gasteiger partial charge in [-0.15, -0.1) is 11.3 Å². The van der Waals surface area contributed by atoms with Gasteiger partial charge >= 0.3 is 0 Å². The van der Waals surface area contributed by atoms with Crippen molar-refractivity contribution in [1.82, 2.24) is 10.3 Å². The molecule has 118 valence electrons. The predicted molar refractivity (Wildman–Crippen MR) is 89.4 cm³/mol. The second-order valence-electron chi connectivity index (χ2n) is 4.96. The number of aromatic nitrogens is 1. The highest BCUT2D eigenvalue weighted by Gasteiger charge is 2.11. The monoisotopic (exact) mass is 338 g/mol. The standard InChI is InChI=1S/C16H19ClN2O2S/c1-11-14(22-16(19-11)10-21-2)9-15(20)18-7-6-12-4-3-5-13(17)8-12/h3-5,8H,6-7,9-10H2,1-2H3,(H,18,20). The number of hydrogen-bond donors (Lipinski definition) is 1. The van der Waals surface area contributed by atoms with Crippen LogP contribution in [0.2, 0.25) is 5.02 Å². The second kappa shape index (κ2) is 8.27. The van der Waals surface area contributed by atoms with Crippen molar-refractivity contribution in [1.29, 1.82) is 0 Å². The molecule has 22 heavy (non-hydrogen) atoms. The van der Waals surface area contributed by atoms with Gasteiger partial charge in [0.1, 0.15) is 5.01 Å². The van der Waals surface area contributed by atoms with Crippen molar-refractivity contribution in [2.75, 3.05) is 13.7 Å².